The Hall–Kier alpha value is -0.130. The molecule has 0 saturated carbocycles. The Morgan fingerprint density at radius 3 is 1.77 bits per heavy atom. The van der Waals surface area contributed by atoms with Crippen LogP contribution in [0.4, 0.5) is 0 Å². The Kier molecular flexibility index (Phi) is 13.2. The van der Waals surface area contributed by atoms with Crippen molar-refractivity contribution in [2.75, 3.05) is 0 Å². The topological polar surface area (TPSA) is 74.6 Å². The first-order valence-corrected chi connectivity index (χ1v) is 10.6. The Balaban J connectivity index is 3.95. The van der Waals surface area contributed by atoms with Gasteiger partial charge in [0.1, 0.15) is 0 Å². The molecule has 0 amide bonds. The van der Waals surface area contributed by atoms with Crippen LogP contribution in [0, 0.1) is 0 Å². The van der Waals surface area contributed by atoms with Gasteiger partial charge < -0.3 is 5.11 Å². The molecule has 0 aromatic rings. The van der Waals surface area contributed by atoms with Gasteiger partial charge in [-0.3, -0.25) is 4.55 Å². The normalized spacial score (nSPS) is 14.9. The summed E-state index contributed by atoms with van der Waals surface area (Å²) in [6.07, 6.45) is 11.4. The van der Waals surface area contributed by atoms with Crippen LogP contribution in [0.1, 0.15) is 97.3 Å². The number of aliphatic hydroxyl groups is 1. The van der Waals surface area contributed by atoms with Gasteiger partial charge in [-0.1, -0.05) is 65.2 Å². The van der Waals surface area contributed by atoms with Crippen molar-refractivity contribution in [3.63, 3.8) is 0 Å². The summed E-state index contributed by atoms with van der Waals surface area (Å²) in [7, 11) is -3.96. The monoisotopic (exact) mass is 336 g/mol. The third kappa shape index (κ3) is 12.4. The zero-order valence-corrected chi connectivity index (χ0v) is 15.3. The minimum Gasteiger partial charge on any atom is -0.393 e. The maximum Gasteiger partial charge on any atom is 0.267 e. The second-order valence-corrected chi connectivity index (χ2v) is 8.12. The molecule has 0 bridgehead atoms. The average Bonchev–Trinajstić information content (AvgIpc) is 2.44. The van der Waals surface area contributed by atoms with Crippen molar-refractivity contribution in [2.24, 2.45) is 0 Å². The molecule has 0 aliphatic rings. The van der Waals surface area contributed by atoms with Crippen molar-refractivity contribution in [2.45, 2.75) is 109 Å². The third-order valence-corrected chi connectivity index (χ3v) is 5.57. The van der Waals surface area contributed by atoms with Gasteiger partial charge in [-0.25, -0.2) is 0 Å². The molecule has 0 rings (SSSR count). The Labute approximate surface area is 137 Å². The molecule has 0 aromatic heterocycles. The van der Waals surface area contributed by atoms with Gasteiger partial charge in [-0.05, 0) is 32.1 Å². The highest BCUT2D eigenvalue weighted by Crippen LogP contribution is 2.19. The molecule has 4 nitrogen and oxygen atoms in total. The molecule has 2 atom stereocenters. The molecule has 0 aromatic carbocycles. The van der Waals surface area contributed by atoms with Crippen LogP contribution in [0.15, 0.2) is 0 Å². The summed E-state index contributed by atoms with van der Waals surface area (Å²) in [5.41, 5.74) is 0. The Bertz CT molecular complexity index is 341. The van der Waals surface area contributed by atoms with E-state index in [0.717, 1.165) is 51.4 Å². The van der Waals surface area contributed by atoms with E-state index in [0.29, 0.717) is 25.7 Å². The van der Waals surface area contributed by atoms with Crippen LogP contribution >= 0.6 is 0 Å². The van der Waals surface area contributed by atoms with E-state index in [9.17, 15) is 18.1 Å². The summed E-state index contributed by atoms with van der Waals surface area (Å²) < 4.78 is 32.2. The molecule has 0 fully saturated rings. The minimum absolute atomic E-state index is 0.335. The zero-order chi connectivity index (χ0) is 16.8. The fourth-order valence-corrected chi connectivity index (χ4v) is 3.70. The first-order chi connectivity index (χ1) is 10.4. The number of rotatable bonds is 15. The summed E-state index contributed by atoms with van der Waals surface area (Å²) in [6.45, 7) is 4.27. The van der Waals surface area contributed by atoms with Crippen LogP contribution in [-0.4, -0.2) is 29.4 Å². The van der Waals surface area contributed by atoms with Crippen molar-refractivity contribution < 1.29 is 18.1 Å². The van der Waals surface area contributed by atoms with E-state index in [1.54, 1.807) is 0 Å². The highest BCUT2D eigenvalue weighted by molar-refractivity contribution is 7.86. The lowest BCUT2D eigenvalue weighted by atomic mass is 10.0. The van der Waals surface area contributed by atoms with Crippen molar-refractivity contribution >= 4 is 10.1 Å². The SMILES string of the molecule is CCCCCCCC(CCCC(O)CCCCC)S(=O)(=O)O. The maximum absolute atomic E-state index is 11.4. The smallest absolute Gasteiger partial charge is 0.267 e. The van der Waals surface area contributed by atoms with Gasteiger partial charge >= 0.3 is 0 Å². The molecule has 0 saturated heterocycles. The van der Waals surface area contributed by atoms with Gasteiger partial charge in [0.25, 0.3) is 10.1 Å². The molecule has 22 heavy (non-hydrogen) atoms. The molecular weight excluding hydrogens is 300 g/mol. The molecule has 2 unspecified atom stereocenters. The van der Waals surface area contributed by atoms with E-state index >= 15 is 0 Å². The zero-order valence-electron chi connectivity index (χ0n) is 14.5. The summed E-state index contributed by atoms with van der Waals surface area (Å²) >= 11 is 0. The van der Waals surface area contributed by atoms with E-state index in [1.165, 1.54) is 6.42 Å². The standard InChI is InChI=1S/C17H36O4S/c1-3-5-7-8-10-14-17(22(19,20)21)15-11-13-16(18)12-9-6-4-2/h16-18H,3-15H2,1-2H3,(H,19,20,21). The molecule has 0 aliphatic heterocycles. The van der Waals surface area contributed by atoms with Crippen LogP contribution in [0.5, 0.6) is 0 Å². The lowest BCUT2D eigenvalue weighted by Gasteiger charge is -2.15. The van der Waals surface area contributed by atoms with Crippen LogP contribution < -0.4 is 0 Å². The third-order valence-electron chi connectivity index (χ3n) is 4.26. The quantitative estimate of drug-likeness (QED) is 0.335. The molecule has 0 radical (unpaired) electrons. The first-order valence-electron chi connectivity index (χ1n) is 9.06. The van der Waals surface area contributed by atoms with E-state index in [1.807, 2.05) is 0 Å². The highest BCUT2D eigenvalue weighted by atomic mass is 32.2. The fraction of sp³-hybridized carbons (Fsp3) is 1.00. The van der Waals surface area contributed by atoms with Gasteiger partial charge in [-0.15, -0.1) is 0 Å². The lowest BCUT2D eigenvalue weighted by Crippen LogP contribution is -2.21. The Morgan fingerprint density at radius 2 is 1.18 bits per heavy atom. The van der Waals surface area contributed by atoms with Crippen molar-refractivity contribution in [3.8, 4) is 0 Å². The molecule has 2 N–H and O–H groups in total. The van der Waals surface area contributed by atoms with Crippen molar-refractivity contribution in [1.29, 1.82) is 0 Å². The summed E-state index contributed by atoms with van der Waals surface area (Å²) in [6, 6.07) is 0. The van der Waals surface area contributed by atoms with Crippen molar-refractivity contribution in [3.05, 3.63) is 0 Å². The van der Waals surface area contributed by atoms with E-state index in [2.05, 4.69) is 13.8 Å². The first kappa shape index (κ1) is 21.9. The van der Waals surface area contributed by atoms with Crippen LogP contribution in [0.2, 0.25) is 0 Å². The summed E-state index contributed by atoms with van der Waals surface area (Å²) in [4.78, 5) is 0. The van der Waals surface area contributed by atoms with E-state index in [-0.39, 0.29) is 6.10 Å². The van der Waals surface area contributed by atoms with Gasteiger partial charge in [-0.2, -0.15) is 8.42 Å². The number of hydrogen-bond donors (Lipinski definition) is 2. The average molecular weight is 337 g/mol. The number of aliphatic hydroxyl groups excluding tert-OH is 1. The molecular formula is C17H36O4S. The second kappa shape index (κ2) is 13.3. The number of hydrogen-bond acceptors (Lipinski definition) is 3. The van der Waals surface area contributed by atoms with Crippen molar-refractivity contribution in [1.82, 2.24) is 0 Å². The Morgan fingerprint density at radius 1 is 0.727 bits per heavy atom. The fourth-order valence-electron chi connectivity index (χ4n) is 2.77. The molecule has 134 valence electrons. The van der Waals surface area contributed by atoms with Crippen LogP contribution in [0.25, 0.3) is 0 Å². The maximum atomic E-state index is 11.4. The van der Waals surface area contributed by atoms with E-state index < -0.39 is 15.4 Å². The molecule has 0 aliphatic carbocycles. The summed E-state index contributed by atoms with van der Waals surface area (Å²) in [5.74, 6) is 0. The minimum atomic E-state index is -3.96. The van der Waals surface area contributed by atoms with Gasteiger partial charge in [0.15, 0.2) is 0 Å². The van der Waals surface area contributed by atoms with Crippen LogP contribution in [-0.2, 0) is 10.1 Å². The molecule has 0 spiro atoms. The summed E-state index contributed by atoms with van der Waals surface area (Å²) in [5, 5.41) is 9.20. The molecule has 0 heterocycles. The van der Waals surface area contributed by atoms with Gasteiger partial charge in [0.2, 0.25) is 0 Å². The number of unbranched alkanes of at least 4 members (excludes halogenated alkanes) is 6. The molecule has 5 heteroatoms. The lowest BCUT2D eigenvalue weighted by molar-refractivity contribution is 0.147. The van der Waals surface area contributed by atoms with Gasteiger partial charge in [0, 0.05) is 0 Å². The predicted molar refractivity (Wildman–Crippen MR) is 92.7 cm³/mol. The highest BCUT2D eigenvalue weighted by Gasteiger charge is 2.22. The van der Waals surface area contributed by atoms with Crippen LogP contribution in [0.3, 0.4) is 0 Å². The predicted octanol–water partition coefficient (Wildman–Crippen LogP) is 4.71. The van der Waals surface area contributed by atoms with E-state index in [4.69, 9.17) is 0 Å². The largest absolute Gasteiger partial charge is 0.393 e. The van der Waals surface area contributed by atoms with Gasteiger partial charge in [0.05, 0.1) is 11.4 Å². The second-order valence-electron chi connectivity index (χ2n) is 6.42.